The molecule has 0 aliphatic heterocycles. The first-order valence-corrected chi connectivity index (χ1v) is 5.70. The summed E-state index contributed by atoms with van der Waals surface area (Å²) >= 11 is 0. The molecule has 96 valence electrons. The predicted octanol–water partition coefficient (Wildman–Crippen LogP) is 2.63. The number of rotatable bonds is 5. The first kappa shape index (κ1) is 12.8. The maximum Gasteiger partial charge on any atom is 0.341 e. The minimum atomic E-state index is -1.08. The summed E-state index contributed by atoms with van der Waals surface area (Å²) in [5.74, 6) is -0.805. The van der Waals surface area contributed by atoms with Crippen molar-refractivity contribution in [3.05, 3.63) is 54.1 Å². The van der Waals surface area contributed by atoms with Crippen LogP contribution in [0, 0.1) is 0 Å². The van der Waals surface area contributed by atoms with Gasteiger partial charge >= 0.3 is 5.97 Å². The van der Waals surface area contributed by atoms with Crippen LogP contribution in [0.2, 0.25) is 0 Å². The number of ether oxygens (including phenoxy) is 1. The monoisotopic (exact) mass is 256 g/mol. The zero-order valence-corrected chi connectivity index (χ0v) is 10.1. The molecule has 0 aliphatic carbocycles. The average molecular weight is 256 g/mol. The fraction of sp³-hybridized carbons (Fsp3) is 0.0667. The maximum atomic E-state index is 10.9. The Bertz CT molecular complexity index is 590. The number of carboxylic acid groups (broad SMARTS) is 1. The van der Waals surface area contributed by atoms with Gasteiger partial charge in [0.25, 0.3) is 0 Å². The Labute approximate surface area is 110 Å². The molecule has 0 spiro atoms. The number of benzene rings is 2. The highest BCUT2D eigenvalue weighted by Crippen LogP contribution is 2.26. The summed E-state index contributed by atoms with van der Waals surface area (Å²) in [5, 5.41) is 8.61. The number of aliphatic carboxylic acids is 1. The molecule has 4 heteroatoms. The first-order chi connectivity index (χ1) is 9.20. The predicted molar refractivity (Wildman–Crippen MR) is 70.4 cm³/mol. The van der Waals surface area contributed by atoms with Gasteiger partial charge in [-0.3, -0.25) is 4.79 Å². The van der Waals surface area contributed by atoms with Gasteiger partial charge in [-0.05, 0) is 23.3 Å². The summed E-state index contributed by atoms with van der Waals surface area (Å²) in [5.41, 5.74) is 2.17. The highest BCUT2D eigenvalue weighted by molar-refractivity contribution is 5.82. The fourth-order valence-corrected chi connectivity index (χ4v) is 1.71. The molecule has 0 radical (unpaired) electrons. The van der Waals surface area contributed by atoms with E-state index in [1.807, 2.05) is 30.3 Å². The Morgan fingerprint density at radius 1 is 1.11 bits per heavy atom. The molecule has 2 rings (SSSR count). The Hall–Kier alpha value is -2.62. The van der Waals surface area contributed by atoms with Crippen LogP contribution in [-0.4, -0.2) is 24.0 Å². The van der Waals surface area contributed by atoms with Gasteiger partial charge in [-0.2, -0.15) is 0 Å². The van der Waals surface area contributed by atoms with E-state index in [4.69, 9.17) is 9.84 Å². The van der Waals surface area contributed by atoms with Gasteiger partial charge in [0.15, 0.2) is 12.9 Å². The Morgan fingerprint density at radius 3 is 2.47 bits per heavy atom. The lowest BCUT2D eigenvalue weighted by Crippen LogP contribution is -2.10. The molecule has 4 nitrogen and oxygen atoms in total. The van der Waals surface area contributed by atoms with E-state index >= 15 is 0 Å². The molecule has 0 amide bonds. The average Bonchev–Trinajstić information content (AvgIpc) is 2.45. The molecule has 0 fully saturated rings. The summed E-state index contributed by atoms with van der Waals surface area (Å²) in [4.78, 5) is 21.4. The van der Waals surface area contributed by atoms with E-state index in [0.29, 0.717) is 11.8 Å². The molecule has 0 unspecified atom stereocenters. The van der Waals surface area contributed by atoms with E-state index in [1.165, 1.54) is 0 Å². The van der Waals surface area contributed by atoms with Crippen molar-refractivity contribution in [2.24, 2.45) is 0 Å². The van der Waals surface area contributed by atoms with Gasteiger partial charge in [0, 0.05) is 0 Å². The molecule has 1 N–H and O–H groups in total. The van der Waals surface area contributed by atoms with Crippen LogP contribution in [0.25, 0.3) is 11.1 Å². The molecule has 0 aromatic heterocycles. The summed E-state index contributed by atoms with van der Waals surface area (Å²) in [7, 11) is 0. The molecule has 0 heterocycles. The van der Waals surface area contributed by atoms with Gasteiger partial charge in [0.2, 0.25) is 0 Å². The fourth-order valence-electron chi connectivity index (χ4n) is 1.71. The van der Waals surface area contributed by atoms with Gasteiger partial charge in [0.05, 0.1) is 5.56 Å². The highest BCUT2D eigenvalue weighted by atomic mass is 16.5. The van der Waals surface area contributed by atoms with Crippen molar-refractivity contribution in [1.29, 1.82) is 0 Å². The second-order valence-electron chi connectivity index (χ2n) is 3.92. The number of aldehydes is 1. The smallest absolute Gasteiger partial charge is 0.341 e. The van der Waals surface area contributed by atoms with E-state index < -0.39 is 12.6 Å². The molecule has 2 aromatic carbocycles. The molecule has 0 atom stereocenters. The lowest BCUT2D eigenvalue weighted by Gasteiger charge is -2.09. The second kappa shape index (κ2) is 5.82. The van der Waals surface area contributed by atoms with Crippen LogP contribution >= 0.6 is 0 Å². The van der Waals surface area contributed by atoms with E-state index in [-0.39, 0.29) is 5.75 Å². The third-order valence-electron chi connectivity index (χ3n) is 2.60. The lowest BCUT2D eigenvalue weighted by atomic mass is 10.0. The van der Waals surface area contributed by atoms with Crippen molar-refractivity contribution in [1.82, 2.24) is 0 Å². The van der Waals surface area contributed by atoms with Gasteiger partial charge in [-0.25, -0.2) is 4.79 Å². The van der Waals surface area contributed by atoms with E-state index in [0.717, 1.165) is 11.1 Å². The number of carboxylic acids is 1. The first-order valence-electron chi connectivity index (χ1n) is 5.70. The standard InChI is InChI=1S/C15H12O4/c16-9-13-7-6-12(11-4-2-1-3-5-11)8-14(13)19-10-15(17)18/h1-9H,10H2,(H,17,18). The summed E-state index contributed by atoms with van der Waals surface area (Å²) < 4.78 is 5.12. The van der Waals surface area contributed by atoms with Crippen molar-refractivity contribution in [2.75, 3.05) is 6.61 Å². The van der Waals surface area contributed by atoms with Crippen molar-refractivity contribution in [2.45, 2.75) is 0 Å². The van der Waals surface area contributed by atoms with Crippen LogP contribution in [-0.2, 0) is 4.79 Å². The van der Waals surface area contributed by atoms with E-state index in [1.54, 1.807) is 18.2 Å². The number of carbonyl (C=O) groups is 2. The van der Waals surface area contributed by atoms with Crippen LogP contribution in [0.15, 0.2) is 48.5 Å². The number of carbonyl (C=O) groups excluding carboxylic acids is 1. The molecule has 19 heavy (non-hydrogen) atoms. The third kappa shape index (κ3) is 3.19. The van der Waals surface area contributed by atoms with Crippen LogP contribution in [0.3, 0.4) is 0 Å². The minimum absolute atomic E-state index is 0.277. The largest absolute Gasteiger partial charge is 0.481 e. The Balaban J connectivity index is 2.35. The van der Waals surface area contributed by atoms with Crippen LogP contribution in [0.4, 0.5) is 0 Å². The third-order valence-corrected chi connectivity index (χ3v) is 2.60. The lowest BCUT2D eigenvalue weighted by molar-refractivity contribution is -0.139. The Morgan fingerprint density at radius 2 is 1.84 bits per heavy atom. The van der Waals surface area contributed by atoms with Gasteiger partial charge in [-0.1, -0.05) is 36.4 Å². The maximum absolute atomic E-state index is 10.9. The molecule has 0 bridgehead atoms. The highest BCUT2D eigenvalue weighted by Gasteiger charge is 2.07. The Kier molecular flexibility index (Phi) is 3.93. The van der Waals surface area contributed by atoms with Crippen molar-refractivity contribution in [3.63, 3.8) is 0 Å². The minimum Gasteiger partial charge on any atom is -0.481 e. The van der Waals surface area contributed by atoms with E-state index in [9.17, 15) is 9.59 Å². The molecule has 0 saturated carbocycles. The molecule has 0 saturated heterocycles. The summed E-state index contributed by atoms with van der Waals surface area (Å²) in [6.07, 6.45) is 0.645. The number of hydrogen-bond acceptors (Lipinski definition) is 3. The van der Waals surface area contributed by atoms with E-state index in [2.05, 4.69) is 0 Å². The summed E-state index contributed by atoms with van der Waals surface area (Å²) in [6, 6.07) is 14.7. The topological polar surface area (TPSA) is 63.6 Å². The number of hydrogen-bond donors (Lipinski definition) is 1. The zero-order chi connectivity index (χ0) is 13.7. The van der Waals surface area contributed by atoms with Gasteiger partial charge in [-0.15, -0.1) is 0 Å². The summed E-state index contributed by atoms with van der Waals surface area (Å²) in [6.45, 7) is -0.473. The van der Waals surface area contributed by atoms with Gasteiger partial charge in [0.1, 0.15) is 5.75 Å². The molecule has 0 aliphatic rings. The quantitative estimate of drug-likeness (QED) is 0.835. The van der Waals surface area contributed by atoms with Crippen molar-refractivity contribution >= 4 is 12.3 Å². The molecular formula is C15H12O4. The van der Waals surface area contributed by atoms with Crippen LogP contribution < -0.4 is 4.74 Å². The van der Waals surface area contributed by atoms with Crippen molar-refractivity contribution < 1.29 is 19.4 Å². The molecule has 2 aromatic rings. The normalized spacial score (nSPS) is 9.89. The zero-order valence-electron chi connectivity index (χ0n) is 10.1. The van der Waals surface area contributed by atoms with Gasteiger partial charge < -0.3 is 9.84 Å². The van der Waals surface area contributed by atoms with Crippen LogP contribution in [0.5, 0.6) is 5.75 Å². The van der Waals surface area contributed by atoms with Crippen LogP contribution in [0.1, 0.15) is 10.4 Å². The van der Waals surface area contributed by atoms with Crippen molar-refractivity contribution in [3.8, 4) is 16.9 Å². The SMILES string of the molecule is O=Cc1ccc(-c2ccccc2)cc1OCC(=O)O. The molecular weight excluding hydrogens is 244 g/mol. The second-order valence-corrected chi connectivity index (χ2v) is 3.92.